The molecule has 0 aliphatic carbocycles. The van der Waals surface area contributed by atoms with Gasteiger partial charge in [-0.25, -0.2) is 9.78 Å². The molecule has 1 atom stereocenters. The summed E-state index contributed by atoms with van der Waals surface area (Å²) in [6, 6.07) is 7.59. The van der Waals surface area contributed by atoms with Crippen LogP contribution in [0.3, 0.4) is 0 Å². The SMILES string of the molecule is COC(=O)c1cccc(-c2cc(C)c(OCC[C@H](C)O)nc2C)c1C. The van der Waals surface area contributed by atoms with E-state index in [4.69, 9.17) is 9.47 Å². The predicted octanol–water partition coefficient (Wildman–Crippen LogP) is 3.61. The fraction of sp³-hybridized carbons (Fsp3) is 0.400. The van der Waals surface area contributed by atoms with Gasteiger partial charge in [0.1, 0.15) is 0 Å². The summed E-state index contributed by atoms with van der Waals surface area (Å²) in [5, 5.41) is 9.33. The topological polar surface area (TPSA) is 68.7 Å². The van der Waals surface area contributed by atoms with E-state index in [1.54, 1.807) is 13.0 Å². The zero-order valence-electron chi connectivity index (χ0n) is 15.4. The molecule has 5 nitrogen and oxygen atoms in total. The van der Waals surface area contributed by atoms with Gasteiger partial charge < -0.3 is 14.6 Å². The van der Waals surface area contributed by atoms with Crippen molar-refractivity contribution in [1.82, 2.24) is 4.98 Å². The fourth-order valence-electron chi connectivity index (χ4n) is 2.69. The summed E-state index contributed by atoms with van der Waals surface area (Å²) < 4.78 is 10.5. The highest BCUT2D eigenvalue weighted by Gasteiger charge is 2.16. The molecule has 5 heteroatoms. The van der Waals surface area contributed by atoms with Crippen LogP contribution in [0.15, 0.2) is 24.3 Å². The Morgan fingerprint density at radius 2 is 1.96 bits per heavy atom. The number of hydrogen-bond donors (Lipinski definition) is 1. The van der Waals surface area contributed by atoms with Crippen molar-refractivity contribution in [2.24, 2.45) is 0 Å². The van der Waals surface area contributed by atoms with Gasteiger partial charge in [0.25, 0.3) is 0 Å². The highest BCUT2D eigenvalue weighted by atomic mass is 16.5. The van der Waals surface area contributed by atoms with Crippen molar-refractivity contribution >= 4 is 5.97 Å². The average molecular weight is 343 g/mol. The highest BCUT2D eigenvalue weighted by molar-refractivity contribution is 5.93. The maximum atomic E-state index is 11.9. The van der Waals surface area contributed by atoms with Gasteiger partial charge in [-0.1, -0.05) is 12.1 Å². The Balaban J connectivity index is 2.38. The van der Waals surface area contributed by atoms with Crippen molar-refractivity contribution in [3.05, 3.63) is 46.6 Å². The third-order valence-electron chi connectivity index (χ3n) is 4.16. The van der Waals surface area contributed by atoms with Crippen LogP contribution in [0.5, 0.6) is 5.88 Å². The molecule has 0 saturated heterocycles. The Hall–Kier alpha value is -2.40. The van der Waals surface area contributed by atoms with Gasteiger partial charge in [0.15, 0.2) is 0 Å². The van der Waals surface area contributed by atoms with E-state index in [0.29, 0.717) is 24.5 Å². The summed E-state index contributed by atoms with van der Waals surface area (Å²) in [6.07, 6.45) is 0.159. The molecule has 0 fully saturated rings. The molecule has 2 aromatic rings. The van der Waals surface area contributed by atoms with E-state index in [-0.39, 0.29) is 5.97 Å². The summed E-state index contributed by atoms with van der Waals surface area (Å²) in [5.41, 5.74) is 5.06. The van der Waals surface area contributed by atoms with E-state index >= 15 is 0 Å². The van der Waals surface area contributed by atoms with E-state index < -0.39 is 6.10 Å². The molecule has 0 aliphatic rings. The van der Waals surface area contributed by atoms with Crippen LogP contribution in [0, 0.1) is 20.8 Å². The highest BCUT2D eigenvalue weighted by Crippen LogP contribution is 2.31. The molecular weight excluding hydrogens is 318 g/mol. The molecule has 0 saturated carbocycles. The van der Waals surface area contributed by atoms with Gasteiger partial charge in [-0.3, -0.25) is 0 Å². The molecule has 1 N–H and O–H groups in total. The van der Waals surface area contributed by atoms with E-state index in [9.17, 15) is 9.90 Å². The molecule has 1 aromatic carbocycles. The molecule has 1 aromatic heterocycles. The first kappa shape index (κ1) is 18.9. The molecule has 134 valence electrons. The van der Waals surface area contributed by atoms with Crippen LogP contribution in [-0.2, 0) is 4.74 Å². The number of hydrogen-bond acceptors (Lipinski definition) is 5. The van der Waals surface area contributed by atoms with Crippen molar-refractivity contribution < 1.29 is 19.4 Å². The van der Waals surface area contributed by atoms with Crippen LogP contribution >= 0.6 is 0 Å². The monoisotopic (exact) mass is 343 g/mol. The van der Waals surface area contributed by atoms with Gasteiger partial charge in [-0.15, -0.1) is 0 Å². The number of benzene rings is 1. The normalized spacial score (nSPS) is 11.9. The minimum atomic E-state index is -0.399. The Kier molecular flexibility index (Phi) is 6.15. The molecule has 0 spiro atoms. The fourth-order valence-corrected chi connectivity index (χ4v) is 2.69. The van der Waals surface area contributed by atoms with Crippen LogP contribution in [0.25, 0.3) is 11.1 Å². The first-order chi connectivity index (χ1) is 11.8. The second kappa shape index (κ2) is 8.12. The van der Waals surface area contributed by atoms with Gasteiger partial charge in [-0.2, -0.15) is 0 Å². The maximum absolute atomic E-state index is 11.9. The number of rotatable bonds is 6. The molecule has 0 unspecified atom stereocenters. The first-order valence-corrected chi connectivity index (χ1v) is 8.32. The van der Waals surface area contributed by atoms with Crippen LogP contribution in [0.1, 0.15) is 40.5 Å². The Labute approximate surface area is 148 Å². The molecule has 1 heterocycles. The number of ether oxygens (including phenoxy) is 2. The lowest BCUT2D eigenvalue weighted by molar-refractivity contribution is 0.0600. The summed E-state index contributed by atoms with van der Waals surface area (Å²) >= 11 is 0. The van der Waals surface area contributed by atoms with Gasteiger partial charge in [0.2, 0.25) is 5.88 Å². The molecule has 0 radical (unpaired) electrons. The van der Waals surface area contributed by atoms with Gasteiger partial charge >= 0.3 is 5.97 Å². The second-order valence-electron chi connectivity index (χ2n) is 6.20. The van der Waals surface area contributed by atoms with Crippen molar-refractivity contribution in [3.63, 3.8) is 0 Å². The van der Waals surface area contributed by atoms with E-state index in [0.717, 1.165) is 27.9 Å². The number of methoxy groups -OCH3 is 1. The molecular formula is C20H25NO4. The minimum Gasteiger partial charge on any atom is -0.477 e. The van der Waals surface area contributed by atoms with Crippen molar-refractivity contribution in [1.29, 1.82) is 0 Å². The number of esters is 1. The molecule has 25 heavy (non-hydrogen) atoms. The lowest BCUT2D eigenvalue weighted by Gasteiger charge is -2.15. The number of pyridine rings is 1. The summed E-state index contributed by atoms with van der Waals surface area (Å²) in [7, 11) is 1.38. The number of nitrogens with zero attached hydrogens (tertiary/aromatic N) is 1. The maximum Gasteiger partial charge on any atom is 0.338 e. The summed E-state index contributed by atoms with van der Waals surface area (Å²) in [5.74, 6) is 0.225. The standard InChI is InChI=1S/C20H25NO4/c1-12-11-18(15(4)21-19(12)25-10-9-13(2)22)16-7-6-8-17(14(16)3)20(23)24-5/h6-8,11,13,22H,9-10H2,1-5H3/t13-/m0/s1. The zero-order valence-corrected chi connectivity index (χ0v) is 15.4. The number of aliphatic hydroxyl groups excluding tert-OH is 1. The van der Waals surface area contributed by atoms with Crippen molar-refractivity contribution in [2.45, 2.75) is 40.2 Å². The summed E-state index contributed by atoms with van der Waals surface area (Å²) in [6.45, 7) is 7.91. The molecule has 0 bridgehead atoms. The third-order valence-corrected chi connectivity index (χ3v) is 4.16. The largest absolute Gasteiger partial charge is 0.477 e. The predicted molar refractivity (Wildman–Crippen MR) is 97.0 cm³/mol. The lowest BCUT2D eigenvalue weighted by atomic mass is 9.95. The average Bonchev–Trinajstić information content (AvgIpc) is 2.57. The lowest BCUT2D eigenvalue weighted by Crippen LogP contribution is -2.09. The number of carbonyl (C=O) groups is 1. The minimum absolute atomic E-state index is 0.347. The Morgan fingerprint density at radius 3 is 2.60 bits per heavy atom. The van der Waals surface area contributed by atoms with Crippen LogP contribution < -0.4 is 4.74 Å². The van der Waals surface area contributed by atoms with E-state index in [2.05, 4.69) is 4.98 Å². The van der Waals surface area contributed by atoms with E-state index in [1.165, 1.54) is 7.11 Å². The van der Waals surface area contributed by atoms with Crippen molar-refractivity contribution in [2.75, 3.05) is 13.7 Å². The molecule has 0 amide bonds. The van der Waals surface area contributed by atoms with Crippen LogP contribution in [0.4, 0.5) is 0 Å². The van der Waals surface area contributed by atoms with Crippen molar-refractivity contribution in [3.8, 4) is 17.0 Å². The number of aliphatic hydroxyl groups is 1. The quantitative estimate of drug-likeness (QED) is 0.812. The smallest absolute Gasteiger partial charge is 0.338 e. The van der Waals surface area contributed by atoms with Gasteiger partial charge in [-0.05, 0) is 51.0 Å². The van der Waals surface area contributed by atoms with E-state index in [1.807, 2.05) is 39.0 Å². The van der Waals surface area contributed by atoms with Gasteiger partial charge in [0, 0.05) is 23.2 Å². The van der Waals surface area contributed by atoms with Crippen LogP contribution in [-0.4, -0.2) is 35.9 Å². The zero-order chi connectivity index (χ0) is 18.6. The molecule has 0 aliphatic heterocycles. The summed E-state index contributed by atoms with van der Waals surface area (Å²) in [4.78, 5) is 16.5. The van der Waals surface area contributed by atoms with Gasteiger partial charge in [0.05, 0.1) is 25.4 Å². The Morgan fingerprint density at radius 1 is 1.24 bits per heavy atom. The number of aromatic nitrogens is 1. The third kappa shape index (κ3) is 4.37. The number of carbonyl (C=O) groups excluding carboxylic acids is 1. The first-order valence-electron chi connectivity index (χ1n) is 8.32. The van der Waals surface area contributed by atoms with Crippen LogP contribution in [0.2, 0.25) is 0 Å². The Bertz CT molecular complexity index is 769. The second-order valence-corrected chi connectivity index (χ2v) is 6.20. The molecule has 2 rings (SSSR count). The number of aryl methyl sites for hydroxylation is 2.